The minimum Gasteiger partial charge on any atom is -0.372 e. The van der Waals surface area contributed by atoms with Crippen LogP contribution in [0.15, 0.2) is 30.3 Å². The van der Waals surface area contributed by atoms with Crippen LogP contribution in [-0.2, 0) is 16.0 Å². The molecule has 0 N–H and O–H groups in total. The van der Waals surface area contributed by atoms with Gasteiger partial charge in [-0.25, -0.2) is 4.98 Å². The molecule has 0 saturated carbocycles. The van der Waals surface area contributed by atoms with Crippen molar-refractivity contribution in [2.45, 2.75) is 32.5 Å². The SMILES string of the molecule is CC1CN(C(=O)CN(C)c2nc(Cc3ccccc3)ns2)CC(C)O1. The van der Waals surface area contributed by atoms with E-state index in [1.54, 1.807) is 0 Å². The first-order valence-electron chi connectivity index (χ1n) is 8.52. The number of ether oxygens (including phenoxy) is 1. The predicted molar refractivity (Wildman–Crippen MR) is 99.0 cm³/mol. The topological polar surface area (TPSA) is 58.6 Å². The highest BCUT2D eigenvalue weighted by Crippen LogP contribution is 2.18. The lowest BCUT2D eigenvalue weighted by atomic mass is 10.1. The van der Waals surface area contributed by atoms with Gasteiger partial charge in [0.15, 0.2) is 0 Å². The summed E-state index contributed by atoms with van der Waals surface area (Å²) in [5.74, 6) is 0.892. The Bertz CT molecular complexity index is 696. The van der Waals surface area contributed by atoms with Crippen molar-refractivity contribution in [3.63, 3.8) is 0 Å². The number of rotatable bonds is 5. The van der Waals surface area contributed by atoms with Gasteiger partial charge in [0.2, 0.25) is 11.0 Å². The highest BCUT2D eigenvalue weighted by Gasteiger charge is 2.26. The van der Waals surface area contributed by atoms with Gasteiger partial charge in [-0.3, -0.25) is 4.79 Å². The molecule has 1 aromatic carbocycles. The molecule has 1 aliphatic heterocycles. The van der Waals surface area contributed by atoms with E-state index in [-0.39, 0.29) is 18.1 Å². The molecule has 2 atom stereocenters. The number of hydrogen-bond donors (Lipinski definition) is 0. The van der Waals surface area contributed by atoms with Crippen LogP contribution in [0, 0.1) is 0 Å². The molecule has 0 spiro atoms. The first-order valence-corrected chi connectivity index (χ1v) is 9.29. The van der Waals surface area contributed by atoms with Crippen molar-refractivity contribution >= 4 is 22.6 Å². The molecule has 0 radical (unpaired) electrons. The van der Waals surface area contributed by atoms with Gasteiger partial charge in [-0.15, -0.1) is 0 Å². The summed E-state index contributed by atoms with van der Waals surface area (Å²) in [5.41, 5.74) is 1.18. The molecular weight excluding hydrogens is 336 g/mol. The molecule has 0 aliphatic carbocycles. The average molecular weight is 360 g/mol. The Labute approximate surface area is 152 Å². The van der Waals surface area contributed by atoms with Gasteiger partial charge in [0.05, 0.1) is 18.8 Å². The molecule has 7 heteroatoms. The summed E-state index contributed by atoms with van der Waals surface area (Å²) in [6, 6.07) is 10.1. The zero-order valence-electron chi connectivity index (χ0n) is 14.9. The van der Waals surface area contributed by atoms with Crippen molar-refractivity contribution < 1.29 is 9.53 Å². The smallest absolute Gasteiger partial charge is 0.242 e. The van der Waals surface area contributed by atoms with E-state index >= 15 is 0 Å². The largest absolute Gasteiger partial charge is 0.372 e. The Morgan fingerprint density at radius 3 is 2.64 bits per heavy atom. The highest BCUT2D eigenvalue weighted by atomic mass is 32.1. The fraction of sp³-hybridized carbons (Fsp3) is 0.500. The number of nitrogens with zero attached hydrogens (tertiary/aromatic N) is 4. The van der Waals surface area contributed by atoms with E-state index in [2.05, 4.69) is 21.5 Å². The number of benzene rings is 1. The lowest BCUT2D eigenvalue weighted by Crippen LogP contribution is -2.50. The Balaban J connectivity index is 1.58. The molecular formula is C18H24N4O2S. The Morgan fingerprint density at radius 1 is 1.28 bits per heavy atom. The second kappa shape index (κ2) is 7.93. The Hall–Kier alpha value is -1.99. The maximum absolute atomic E-state index is 12.6. The van der Waals surface area contributed by atoms with Crippen molar-refractivity contribution in [1.29, 1.82) is 0 Å². The number of amides is 1. The van der Waals surface area contributed by atoms with Crippen LogP contribution >= 0.6 is 11.5 Å². The van der Waals surface area contributed by atoms with Crippen molar-refractivity contribution in [1.82, 2.24) is 14.3 Å². The van der Waals surface area contributed by atoms with E-state index in [0.29, 0.717) is 26.1 Å². The lowest BCUT2D eigenvalue weighted by Gasteiger charge is -2.36. The van der Waals surface area contributed by atoms with Gasteiger partial charge in [0.1, 0.15) is 5.82 Å². The summed E-state index contributed by atoms with van der Waals surface area (Å²) in [6.07, 6.45) is 0.867. The number of carbonyl (C=O) groups excluding carboxylic acids is 1. The molecule has 1 saturated heterocycles. The molecule has 3 rings (SSSR count). The van der Waals surface area contributed by atoms with E-state index in [1.807, 2.05) is 48.9 Å². The number of hydrogen-bond acceptors (Lipinski definition) is 6. The monoisotopic (exact) mass is 360 g/mol. The van der Waals surface area contributed by atoms with Crippen LogP contribution in [0.2, 0.25) is 0 Å². The highest BCUT2D eigenvalue weighted by molar-refractivity contribution is 7.09. The van der Waals surface area contributed by atoms with Gasteiger partial charge >= 0.3 is 0 Å². The van der Waals surface area contributed by atoms with Crippen molar-refractivity contribution in [3.8, 4) is 0 Å². The third kappa shape index (κ3) is 4.76. The standard InChI is InChI=1S/C18H24N4O2S/c1-13-10-22(11-14(2)24-13)17(23)12-21(3)18-19-16(20-25-18)9-15-7-5-4-6-8-15/h4-8,13-14H,9-12H2,1-3H3. The van der Waals surface area contributed by atoms with E-state index in [1.165, 1.54) is 17.1 Å². The molecule has 1 aliphatic rings. The number of anilines is 1. The molecule has 1 fully saturated rings. The average Bonchev–Trinajstić information content (AvgIpc) is 3.03. The summed E-state index contributed by atoms with van der Waals surface area (Å²) < 4.78 is 10.1. The van der Waals surface area contributed by atoms with Crippen LogP contribution in [0.5, 0.6) is 0 Å². The lowest BCUT2D eigenvalue weighted by molar-refractivity contribution is -0.141. The summed E-state index contributed by atoms with van der Waals surface area (Å²) in [6.45, 7) is 5.60. The van der Waals surface area contributed by atoms with Crippen LogP contribution < -0.4 is 4.90 Å². The Morgan fingerprint density at radius 2 is 1.96 bits per heavy atom. The quantitative estimate of drug-likeness (QED) is 0.818. The van der Waals surface area contributed by atoms with Gasteiger partial charge in [0, 0.05) is 38.1 Å². The van der Waals surface area contributed by atoms with E-state index in [4.69, 9.17) is 4.74 Å². The number of aromatic nitrogens is 2. The van der Waals surface area contributed by atoms with E-state index in [0.717, 1.165) is 11.0 Å². The van der Waals surface area contributed by atoms with Crippen LogP contribution in [0.25, 0.3) is 0 Å². The molecule has 1 aromatic heterocycles. The van der Waals surface area contributed by atoms with Gasteiger partial charge in [0.25, 0.3) is 0 Å². The van der Waals surface area contributed by atoms with Crippen LogP contribution in [0.1, 0.15) is 25.2 Å². The molecule has 134 valence electrons. The molecule has 6 nitrogen and oxygen atoms in total. The van der Waals surface area contributed by atoms with E-state index < -0.39 is 0 Å². The van der Waals surface area contributed by atoms with Gasteiger partial charge in [-0.1, -0.05) is 30.3 Å². The minimum absolute atomic E-state index is 0.0806. The number of morpholine rings is 1. The van der Waals surface area contributed by atoms with Crippen LogP contribution in [0.4, 0.5) is 5.13 Å². The third-order valence-corrected chi connectivity index (χ3v) is 5.00. The predicted octanol–water partition coefficient (Wildman–Crippen LogP) is 2.20. The number of likely N-dealkylation sites (N-methyl/N-ethyl adjacent to an activating group) is 1. The second-order valence-corrected chi connectivity index (χ2v) is 7.30. The number of carbonyl (C=O) groups is 1. The molecule has 2 heterocycles. The fourth-order valence-corrected chi connectivity index (χ4v) is 3.64. The molecule has 0 bridgehead atoms. The van der Waals surface area contributed by atoms with Gasteiger partial charge < -0.3 is 14.5 Å². The third-order valence-electron chi connectivity index (χ3n) is 4.13. The zero-order chi connectivity index (χ0) is 17.8. The zero-order valence-corrected chi connectivity index (χ0v) is 15.7. The minimum atomic E-state index is 0.0806. The van der Waals surface area contributed by atoms with Crippen molar-refractivity contribution in [2.24, 2.45) is 0 Å². The second-order valence-electron chi connectivity index (χ2n) is 6.57. The normalized spacial score (nSPS) is 20.5. The summed E-state index contributed by atoms with van der Waals surface area (Å²) >= 11 is 1.34. The summed E-state index contributed by atoms with van der Waals surface area (Å²) in [5, 5.41) is 0.772. The van der Waals surface area contributed by atoms with Gasteiger partial charge in [-0.05, 0) is 19.4 Å². The van der Waals surface area contributed by atoms with E-state index in [9.17, 15) is 4.79 Å². The van der Waals surface area contributed by atoms with Crippen LogP contribution in [-0.4, -0.2) is 59.1 Å². The molecule has 25 heavy (non-hydrogen) atoms. The molecule has 2 aromatic rings. The molecule has 2 unspecified atom stereocenters. The Kier molecular flexibility index (Phi) is 5.65. The maximum Gasteiger partial charge on any atom is 0.242 e. The molecule has 1 amide bonds. The summed E-state index contributed by atoms with van der Waals surface area (Å²) in [7, 11) is 1.89. The van der Waals surface area contributed by atoms with Crippen molar-refractivity contribution in [3.05, 3.63) is 41.7 Å². The van der Waals surface area contributed by atoms with Gasteiger partial charge in [-0.2, -0.15) is 4.37 Å². The summed E-state index contributed by atoms with van der Waals surface area (Å²) in [4.78, 5) is 20.9. The maximum atomic E-state index is 12.6. The fourth-order valence-electron chi connectivity index (χ4n) is 3.00. The van der Waals surface area contributed by atoms with Crippen molar-refractivity contribution in [2.75, 3.05) is 31.6 Å². The first kappa shape index (κ1) is 17.8. The first-order chi connectivity index (χ1) is 12.0. The van der Waals surface area contributed by atoms with Crippen LogP contribution in [0.3, 0.4) is 0 Å².